The molecule has 0 spiro atoms. The van der Waals surface area contributed by atoms with Gasteiger partial charge >= 0.3 is 0 Å². The first-order chi connectivity index (χ1) is 9.20. The van der Waals surface area contributed by atoms with E-state index in [1.54, 1.807) is 7.11 Å². The number of nitrogens with zero attached hydrogens (tertiary/aromatic N) is 2. The molecule has 110 valence electrons. The quantitative estimate of drug-likeness (QED) is 0.790. The van der Waals surface area contributed by atoms with E-state index in [-0.39, 0.29) is 6.04 Å². The minimum atomic E-state index is 0.284. The van der Waals surface area contributed by atoms with Gasteiger partial charge in [0.2, 0.25) is 0 Å². The minimum absolute atomic E-state index is 0.284. The van der Waals surface area contributed by atoms with Crippen LogP contribution in [0, 0.1) is 0 Å². The molecule has 2 unspecified atom stereocenters. The van der Waals surface area contributed by atoms with Gasteiger partial charge in [-0.25, -0.2) is 0 Å². The Morgan fingerprint density at radius 2 is 2.05 bits per heavy atom. The van der Waals surface area contributed by atoms with Crippen LogP contribution in [0.1, 0.15) is 32.6 Å². The predicted octanol–water partition coefficient (Wildman–Crippen LogP) is 1.46. The van der Waals surface area contributed by atoms with Gasteiger partial charge in [0, 0.05) is 32.3 Å². The van der Waals surface area contributed by atoms with E-state index in [2.05, 4.69) is 22.0 Å². The normalized spacial score (nSPS) is 26.4. The summed E-state index contributed by atoms with van der Waals surface area (Å²) in [4.78, 5) is 4.98. The molecule has 2 aliphatic rings. The fourth-order valence-electron chi connectivity index (χ4n) is 3.10. The topological polar surface area (TPSA) is 27.7 Å². The summed E-state index contributed by atoms with van der Waals surface area (Å²) < 4.78 is 5.13. The van der Waals surface area contributed by atoms with Crippen LogP contribution >= 0.6 is 12.2 Å². The second-order valence-electron chi connectivity index (χ2n) is 5.79. The molecule has 5 heteroatoms. The zero-order valence-corrected chi connectivity index (χ0v) is 13.0. The summed E-state index contributed by atoms with van der Waals surface area (Å²) in [6.45, 7) is 7.54. The van der Waals surface area contributed by atoms with Crippen molar-refractivity contribution in [3.8, 4) is 0 Å². The summed E-state index contributed by atoms with van der Waals surface area (Å²) in [5, 5.41) is 4.25. The molecule has 2 rings (SSSR count). The van der Waals surface area contributed by atoms with Gasteiger partial charge in [-0.15, -0.1) is 0 Å². The molecule has 0 radical (unpaired) electrons. The third-order valence-corrected chi connectivity index (χ3v) is 4.52. The van der Waals surface area contributed by atoms with Gasteiger partial charge in [0.05, 0.1) is 6.61 Å². The molecule has 0 aromatic rings. The van der Waals surface area contributed by atoms with Gasteiger partial charge in [0.15, 0.2) is 5.11 Å². The summed E-state index contributed by atoms with van der Waals surface area (Å²) in [5.74, 6) is 0. The average Bonchev–Trinajstić information content (AvgIpc) is 2.89. The lowest BCUT2D eigenvalue weighted by Gasteiger charge is -2.32. The number of methoxy groups -OCH3 is 1. The van der Waals surface area contributed by atoms with Crippen molar-refractivity contribution < 1.29 is 4.74 Å². The van der Waals surface area contributed by atoms with Crippen LogP contribution in [-0.4, -0.2) is 66.9 Å². The number of ether oxygens (including phenoxy) is 1. The first kappa shape index (κ1) is 15.0. The Balaban J connectivity index is 1.75. The van der Waals surface area contributed by atoms with Gasteiger partial charge in [0.25, 0.3) is 0 Å². The number of rotatable bonds is 4. The fourth-order valence-corrected chi connectivity index (χ4v) is 3.47. The van der Waals surface area contributed by atoms with E-state index in [4.69, 9.17) is 17.0 Å². The standard InChI is InChI=1S/C14H27N3OS/c1-12(11-18-2)15-14(19)17-9-6-13(10-17)16-7-4-3-5-8-16/h12-13H,3-11H2,1-2H3,(H,15,19). The SMILES string of the molecule is COCC(C)NC(=S)N1CCC(N2CCCCC2)C1. The molecule has 2 fully saturated rings. The van der Waals surface area contributed by atoms with E-state index in [0.29, 0.717) is 12.6 Å². The maximum Gasteiger partial charge on any atom is 0.169 e. The smallest absolute Gasteiger partial charge is 0.169 e. The number of nitrogens with one attached hydrogen (secondary N) is 1. The minimum Gasteiger partial charge on any atom is -0.383 e. The molecule has 0 aromatic heterocycles. The third-order valence-electron chi connectivity index (χ3n) is 4.14. The van der Waals surface area contributed by atoms with Crippen LogP contribution in [0.25, 0.3) is 0 Å². The van der Waals surface area contributed by atoms with E-state index < -0.39 is 0 Å². The molecule has 4 nitrogen and oxygen atoms in total. The highest BCUT2D eigenvalue weighted by atomic mass is 32.1. The maximum absolute atomic E-state index is 5.50. The van der Waals surface area contributed by atoms with Gasteiger partial charge < -0.3 is 15.0 Å². The van der Waals surface area contributed by atoms with Gasteiger partial charge in [0.1, 0.15) is 0 Å². The van der Waals surface area contributed by atoms with Gasteiger partial charge in [-0.3, -0.25) is 4.90 Å². The van der Waals surface area contributed by atoms with Crippen molar-refractivity contribution in [2.45, 2.75) is 44.7 Å². The van der Waals surface area contributed by atoms with Crippen LogP contribution in [0.5, 0.6) is 0 Å². The predicted molar refractivity (Wildman–Crippen MR) is 82.5 cm³/mol. The molecule has 0 amide bonds. The second-order valence-corrected chi connectivity index (χ2v) is 6.18. The molecular formula is C14H27N3OS. The van der Waals surface area contributed by atoms with Crippen molar-refractivity contribution in [1.29, 1.82) is 0 Å². The fraction of sp³-hybridized carbons (Fsp3) is 0.929. The Morgan fingerprint density at radius 3 is 2.74 bits per heavy atom. The summed E-state index contributed by atoms with van der Waals surface area (Å²) >= 11 is 5.50. The Kier molecular flexibility index (Phi) is 5.85. The number of hydrogen-bond donors (Lipinski definition) is 1. The molecule has 0 aromatic carbocycles. The second kappa shape index (κ2) is 7.41. The summed E-state index contributed by atoms with van der Waals surface area (Å²) in [7, 11) is 1.73. The lowest BCUT2D eigenvalue weighted by atomic mass is 10.1. The Labute approximate surface area is 122 Å². The molecule has 2 saturated heterocycles. The third kappa shape index (κ3) is 4.29. The van der Waals surface area contributed by atoms with E-state index in [1.165, 1.54) is 38.8 Å². The largest absolute Gasteiger partial charge is 0.383 e. The van der Waals surface area contributed by atoms with Gasteiger partial charge in [-0.1, -0.05) is 6.42 Å². The number of hydrogen-bond acceptors (Lipinski definition) is 3. The maximum atomic E-state index is 5.50. The van der Waals surface area contributed by atoms with Crippen molar-refractivity contribution in [2.24, 2.45) is 0 Å². The van der Waals surface area contributed by atoms with E-state index in [9.17, 15) is 0 Å². The van der Waals surface area contributed by atoms with E-state index >= 15 is 0 Å². The Morgan fingerprint density at radius 1 is 1.32 bits per heavy atom. The molecule has 0 bridgehead atoms. The molecule has 0 saturated carbocycles. The Hall–Kier alpha value is -0.390. The Bertz CT molecular complexity index is 294. The van der Waals surface area contributed by atoms with Crippen molar-refractivity contribution in [3.63, 3.8) is 0 Å². The van der Waals surface area contributed by atoms with Crippen molar-refractivity contribution in [3.05, 3.63) is 0 Å². The molecular weight excluding hydrogens is 258 g/mol. The monoisotopic (exact) mass is 285 g/mol. The van der Waals surface area contributed by atoms with Gasteiger partial charge in [-0.05, 0) is 51.5 Å². The van der Waals surface area contributed by atoms with Crippen LogP contribution in [0.15, 0.2) is 0 Å². The highest BCUT2D eigenvalue weighted by Gasteiger charge is 2.29. The van der Waals surface area contributed by atoms with Crippen molar-refractivity contribution in [2.75, 3.05) is 39.9 Å². The molecule has 19 heavy (non-hydrogen) atoms. The zero-order valence-electron chi connectivity index (χ0n) is 12.2. The van der Waals surface area contributed by atoms with Gasteiger partial charge in [-0.2, -0.15) is 0 Å². The first-order valence-electron chi connectivity index (χ1n) is 7.49. The summed E-state index contributed by atoms with van der Waals surface area (Å²) in [6, 6.07) is 0.990. The van der Waals surface area contributed by atoms with Crippen LogP contribution < -0.4 is 5.32 Å². The summed E-state index contributed by atoms with van der Waals surface area (Å²) in [6.07, 6.45) is 5.38. The molecule has 2 heterocycles. The number of likely N-dealkylation sites (tertiary alicyclic amines) is 2. The van der Waals surface area contributed by atoms with Crippen LogP contribution in [0.2, 0.25) is 0 Å². The zero-order chi connectivity index (χ0) is 13.7. The molecule has 2 aliphatic heterocycles. The molecule has 2 atom stereocenters. The van der Waals surface area contributed by atoms with Crippen molar-refractivity contribution >= 4 is 17.3 Å². The highest BCUT2D eigenvalue weighted by molar-refractivity contribution is 7.80. The summed E-state index contributed by atoms with van der Waals surface area (Å²) in [5.41, 5.74) is 0. The molecule has 1 N–H and O–H groups in total. The number of piperidine rings is 1. The van der Waals surface area contributed by atoms with Crippen LogP contribution in [-0.2, 0) is 4.74 Å². The van der Waals surface area contributed by atoms with E-state index in [1.807, 2.05) is 0 Å². The average molecular weight is 285 g/mol. The van der Waals surface area contributed by atoms with Crippen LogP contribution in [0.3, 0.4) is 0 Å². The van der Waals surface area contributed by atoms with Crippen LogP contribution in [0.4, 0.5) is 0 Å². The molecule has 0 aliphatic carbocycles. The lowest BCUT2D eigenvalue weighted by molar-refractivity contribution is 0.167. The highest BCUT2D eigenvalue weighted by Crippen LogP contribution is 2.20. The lowest BCUT2D eigenvalue weighted by Crippen LogP contribution is -2.46. The van der Waals surface area contributed by atoms with E-state index in [0.717, 1.165) is 18.2 Å². The first-order valence-corrected chi connectivity index (χ1v) is 7.90. The van der Waals surface area contributed by atoms with Crippen molar-refractivity contribution in [1.82, 2.24) is 15.1 Å². The number of thiocarbonyl (C=S) groups is 1.